The zero-order valence-electron chi connectivity index (χ0n) is 21.2. The first-order valence-corrected chi connectivity index (χ1v) is 13.6. The first kappa shape index (κ1) is 27.8. The Balaban J connectivity index is 1.81. The Morgan fingerprint density at radius 2 is 1.59 bits per heavy atom. The fourth-order valence-corrected chi connectivity index (χ4v) is 4.39. The van der Waals surface area contributed by atoms with Crippen molar-refractivity contribution >= 4 is 21.8 Å². The molecule has 0 radical (unpaired) electrons. The molecule has 3 aromatic rings. The highest BCUT2D eigenvalue weighted by atomic mass is 32.2. The summed E-state index contributed by atoms with van der Waals surface area (Å²) in [7, 11) is -2.14. The minimum Gasteiger partial charge on any atom is -0.497 e. The molecule has 10 heteroatoms. The lowest BCUT2D eigenvalue weighted by Gasteiger charge is -2.31. The summed E-state index contributed by atoms with van der Waals surface area (Å²) in [6.45, 7) is 1.59. The molecule has 0 aliphatic heterocycles. The van der Waals surface area contributed by atoms with Crippen molar-refractivity contribution in [1.29, 1.82) is 0 Å². The smallest absolute Gasteiger partial charge is 0.242 e. The molecule has 1 atom stereocenters. The minimum atomic E-state index is -3.71. The molecule has 37 heavy (non-hydrogen) atoms. The first-order chi connectivity index (χ1) is 17.7. The average Bonchev–Trinajstić information content (AvgIpc) is 2.90. The van der Waals surface area contributed by atoms with Crippen molar-refractivity contribution < 1.29 is 22.7 Å². The number of nitrogens with zero attached hydrogens (tertiary/aromatic N) is 3. The van der Waals surface area contributed by atoms with Gasteiger partial charge >= 0.3 is 0 Å². The van der Waals surface area contributed by atoms with Crippen LogP contribution in [0, 0.1) is 0 Å². The molecule has 0 spiro atoms. The standard InChI is InChI=1S/C27H32N4O5S/c1-21(27(33)29-17-24-11-7-8-16-28-24)31(19-23-12-14-25(36-2)15-13-23)26(32)20-30(37(3,34)35)18-22-9-5-4-6-10-22/h4-16,21H,17-20H2,1-3H3,(H,29,33)/t21-/m1/s1. The van der Waals surface area contributed by atoms with Crippen molar-refractivity contribution in [3.05, 3.63) is 95.8 Å². The van der Waals surface area contributed by atoms with E-state index in [-0.39, 0.29) is 25.5 Å². The summed E-state index contributed by atoms with van der Waals surface area (Å²) < 4.78 is 31.4. The number of hydrogen-bond donors (Lipinski definition) is 1. The molecule has 196 valence electrons. The van der Waals surface area contributed by atoms with Gasteiger partial charge in [0.2, 0.25) is 21.8 Å². The molecular weight excluding hydrogens is 492 g/mol. The van der Waals surface area contributed by atoms with E-state index in [4.69, 9.17) is 4.74 Å². The van der Waals surface area contributed by atoms with E-state index in [1.165, 1.54) is 4.90 Å². The molecular formula is C27H32N4O5S. The van der Waals surface area contributed by atoms with Crippen molar-refractivity contribution in [2.45, 2.75) is 32.6 Å². The summed E-state index contributed by atoms with van der Waals surface area (Å²) in [4.78, 5) is 32.2. The highest BCUT2D eigenvalue weighted by Crippen LogP contribution is 2.16. The molecule has 1 aromatic heterocycles. The maximum absolute atomic E-state index is 13.5. The van der Waals surface area contributed by atoms with Gasteiger partial charge in [0.05, 0.1) is 32.1 Å². The van der Waals surface area contributed by atoms with Crippen LogP contribution in [0.4, 0.5) is 0 Å². The number of methoxy groups -OCH3 is 1. The number of carbonyl (C=O) groups is 2. The molecule has 1 N–H and O–H groups in total. The quantitative estimate of drug-likeness (QED) is 0.390. The van der Waals surface area contributed by atoms with Gasteiger partial charge in [-0.2, -0.15) is 4.31 Å². The van der Waals surface area contributed by atoms with Crippen LogP contribution in [-0.4, -0.2) is 60.4 Å². The second-order valence-corrected chi connectivity index (χ2v) is 10.6. The predicted octanol–water partition coefficient (Wildman–Crippen LogP) is 2.59. The first-order valence-electron chi connectivity index (χ1n) is 11.8. The molecule has 2 amide bonds. The number of aromatic nitrogens is 1. The van der Waals surface area contributed by atoms with Crippen LogP contribution in [0.1, 0.15) is 23.7 Å². The number of amides is 2. The van der Waals surface area contributed by atoms with Gasteiger partial charge in [0, 0.05) is 19.3 Å². The zero-order valence-corrected chi connectivity index (χ0v) is 22.0. The summed E-state index contributed by atoms with van der Waals surface area (Å²) in [6, 6.07) is 20.7. The summed E-state index contributed by atoms with van der Waals surface area (Å²) in [5.74, 6) is -0.201. The number of benzene rings is 2. The van der Waals surface area contributed by atoms with E-state index < -0.39 is 28.5 Å². The zero-order chi connectivity index (χ0) is 26.8. The van der Waals surface area contributed by atoms with Crippen molar-refractivity contribution in [2.75, 3.05) is 19.9 Å². The number of ether oxygens (including phenoxy) is 1. The lowest BCUT2D eigenvalue weighted by atomic mass is 10.1. The van der Waals surface area contributed by atoms with Crippen LogP contribution in [0.5, 0.6) is 5.75 Å². The van der Waals surface area contributed by atoms with Crippen molar-refractivity contribution in [3.63, 3.8) is 0 Å². The molecule has 0 saturated carbocycles. The van der Waals surface area contributed by atoms with Crippen LogP contribution < -0.4 is 10.1 Å². The van der Waals surface area contributed by atoms with Gasteiger partial charge in [0.25, 0.3) is 0 Å². The van der Waals surface area contributed by atoms with E-state index in [0.29, 0.717) is 11.4 Å². The third-order valence-corrected chi connectivity index (χ3v) is 7.03. The molecule has 2 aromatic carbocycles. The van der Waals surface area contributed by atoms with Crippen LogP contribution >= 0.6 is 0 Å². The lowest BCUT2D eigenvalue weighted by Crippen LogP contribution is -2.50. The normalized spacial score (nSPS) is 12.1. The van der Waals surface area contributed by atoms with Crippen molar-refractivity contribution in [2.24, 2.45) is 0 Å². The SMILES string of the molecule is COc1ccc(CN(C(=O)CN(Cc2ccccc2)S(C)(=O)=O)[C@H](C)C(=O)NCc2ccccn2)cc1. The van der Waals surface area contributed by atoms with Crippen molar-refractivity contribution in [1.82, 2.24) is 19.5 Å². The fraction of sp³-hybridized carbons (Fsp3) is 0.296. The second kappa shape index (κ2) is 13.0. The average molecular weight is 525 g/mol. The van der Waals surface area contributed by atoms with E-state index in [1.54, 1.807) is 68.8 Å². The predicted molar refractivity (Wildman–Crippen MR) is 141 cm³/mol. The Labute approximate surface area is 218 Å². The molecule has 0 aliphatic carbocycles. The highest BCUT2D eigenvalue weighted by molar-refractivity contribution is 7.88. The number of hydrogen-bond acceptors (Lipinski definition) is 6. The van der Waals surface area contributed by atoms with E-state index in [9.17, 15) is 18.0 Å². The number of pyridine rings is 1. The lowest BCUT2D eigenvalue weighted by molar-refractivity contribution is -0.140. The van der Waals surface area contributed by atoms with Crippen molar-refractivity contribution in [3.8, 4) is 5.75 Å². The number of nitrogens with one attached hydrogen (secondary N) is 1. The Morgan fingerprint density at radius 3 is 2.19 bits per heavy atom. The van der Waals surface area contributed by atoms with E-state index in [0.717, 1.165) is 21.7 Å². The Hall–Kier alpha value is -3.76. The van der Waals surface area contributed by atoms with Crippen LogP contribution in [0.2, 0.25) is 0 Å². The molecule has 3 rings (SSSR count). The topological polar surface area (TPSA) is 109 Å². The third-order valence-electron chi connectivity index (χ3n) is 5.83. The molecule has 0 fully saturated rings. The number of rotatable bonds is 12. The van der Waals surface area contributed by atoms with E-state index in [1.807, 2.05) is 24.3 Å². The van der Waals surface area contributed by atoms with E-state index in [2.05, 4.69) is 10.3 Å². The maximum atomic E-state index is 13.5. The Kier molecular flexibility index (Phi) is 9.76. The van der Waals surface area contributed by atoms with Crippen LogP contribution in [0.25, 0.3) is 0 Å². The van der Waals surface area contributed by atoms with Gasteiger partial charge in [-0.25, -0.2) is 8.42 Å². The molecule has 0 saturated heterocycles. The van der Waals surface area contributed by atoms with Gasteiger partial charge in [-0.3, -0.25) is 14.6 Å². The van der Waals surface area contributed by atoms with Crippen LogP contribution in [-0.2, 0) is 39.2 Å². The molecule has 9 nitrogen and oxygen atoms in total. The summed E-state index contributed by atoms with van der Waals surface area (Å²) in [5.41, 5.74) is 2.21. The van der Waals surface area contributed by atoms with Crippen LogP contribution in [0.3, 0.4) is 0 Å². The van der Waals surface area contributed by atoms with Crippen LogP contribution in [0.15, 0.2) is 79.0 Å². The summed E-state index contributed by atoms with van der Waals surface area (Å²) in [6.07, 6.45) is 2.71. The monoisotopic (exact) mass is 524 g/mol. The maximum Gasteiger partial charge on any atom is 0.242 e. The van der Waals surface area contributed by atoms with Gasteiger partial charge < -0.3 is 15.0 Å². The summed E-state index contributed by atoms with van der Waals surface area (Å²) in [5, 5.41) is 2.81. The molecule has 0 aliphatic rings. The van der Waals surface area contributed by atoms with Gasteiger partial charge in [-0.1, -0.05) is 48.5 Å². The molecule has 0 unspecified atom stereocenters. The number of carbonyl (C=O) groups excluding carboxylic acids is 2. The highest BCUT2D eigenvalue weighted by Gasteiger charge is 2.30. The van der Waals surface area contributed by atoms with Gasteiger partial charge in [0.1, 0.15) is 11.8 Å². The summed E-state index contributed by atoms with van der Waals surface area (Å²) >= 11 is 0. The largest absolute Gasteiger partial charge is 0.497 e. The fourth-order valence-electron chi connectivity index (χ4n) is 3.66. The molecule has 1 heterocycles. The van der Waals surface area contributed by atoms with Gasteiger partial charge in [0.15, 0.2) is 0 Å². The van der Waals surface area contributed by atoms with Gasteiger partial charge in [-0.15, -0.1) is 0 Å². The number of sulfonamides is 1. The Bertz CT molecular complexity index is 1270. The Morgan fingerprint density at radius 1 is 0.946 bits per heavy atom. The van der Waals surface area contributed by atoms with E-state index >= 15 is 0 Å². The third kappa shape index (κ3) is 8.40. The minimum absolute atomic E-state index is 0.0437. The van der Waals surface area contributed by atoms with Gasteiger partial charge in [-0.05, 0) is 42.3 Å². The molecule has 0 bridgehead atoms. The second-order valence-electron chi connectivity index (χ2n) is 8.60.